The number of hydrogen-bond donors (Lipinski definition) is 1. The van der Waals surface area contributed by atoms with Gasteiger partial charge in [-0.05, 0) is 12.0 Å². The SMILES string of the molecule is CCCCCCCC(CP(=O)(O)CCN(C)C(=O)OCc1ccccc1)C(=O)OC. The number of esters is 1. The maximum Gasteiger partial charge on any atom is 0.409 e. The molecule has 0 saturated heterocycles. The van der Waals surface area contributed by atoms with Crippen molar-refractivity contribution in [1.82, 2.24) is 4.90 Å². The van der Waals surface area contributed by atoms with E-state index >= 15 is 0 Å². The Morgan fingerprint density at radius 1 is 1.13 bits per heavy atom. The van der Waals surface area contributed by atoms with Crippen molar-refractivity contribution in [2.24, 2.45) is 5.92 Å². The minimum Gasteiger partial charge on any atom is -0.469 e. The Hall–Kier alpha value is -1.85. The van der Waals surface area contributed by atoms with Gasteiger partial charge in [0.05, 0.1) is 13.0 Å². The third-order valence-corrected chi connectivity index (χ3v) is 6.91. The van der Waals surface area contributed by atoms with Crippen LogP contribution in [0.15, 0.2) is 30.3 Å². The molecule has 8 heteroatoms. The Kier molecular flexibility index (Phi) is 12.4. The van der Waals surface area contributed by atoms with Crippen LogP contribution in [0.5, 0.6) is 0 Å². The summed E-state index contributed by atoms with van der Waals surface area (Å²) < 4.78 is 22.7. The molecule has 0 bridgehead atoms. The van der Waals surface area contributed by atoms with Crippen LogP contribution in [0.3, 0.4) is 0 Å². The number of unbranched alkanes of at least 4 members (excludes halogenated alkanes) is 4. The lowest BCUT2D eigenvalue weighted by Gasteiger charge is -2.22. The summed E-state index contributed by atoms with van der Waals surface area (Å²) in [5, 5.41) is 0. The van der Waals surface area contributed by atoms with Gasteiger partial charge in [0.2, 0.25) is 7.37 Å². The summed E-state index contributed by atoms with van der Waals surface area (Å²) in [4.78, 5) is 35.8. The van der Waals surface area contributed by atoms with E-state index in [9.17, 15) is 19.0 Å². The summed E-state index contributed by atoms with van der Waals surface area (Å²) in [5.74, 6) is -1.04. The molecule has 0 saturated carbocycles. The van der Waals surface area contributed by atoms with Gasteiger partial charge in [0.1, 0.15) is 6.61 Å². The van der Waals surface area contributed by atoms with Gasteiger partial charge in [0.15, 0.2) is 0 Å². The molecule has 0 aliphatic carbocycles. The molecule has 1 aromatic rings. The van der Waals surface area contributed by atoms with E-state index in [1.54, 1.807) is 0 Å². The number of hydrogen-bond acceptors (Lipinski definition) is 5. The van der Waals surface area contributed by atoms with Crippen molar-refractivity contribution in [3.05, 3.63) is 35.9 Å². The number of carbonyl (C=O) groups excluding carboxylic acids is 2. The number of carbonyl (C=O) groups is 2. The first-order valence-corrected chi connectivity index (χ1v) is 12.6. The average Bonchev–Trinajstić information content (AvgIpc) is 2.74. The van der Waals surface area contributed by atoms with Crippen LogP contribution in [0.4, 0.5) is 4.79 Å². The van der Waals surface area contributed by atoms with Crippen LogP contribution in [0.1, 0.15) is 51.0 Å². The third-order valence-electron chi connectivity index (χ3n) is 5.00. The van der Waals surface area contributed by atoms with Crippen LogP contribution in [-0.2, 0) is 25.4 Å². The molecule has 0 aromatic heterocycles. The second-order valence-electron chi connectivity index (χ2n) is 7.64. The molecule has 7 nitrogen and oxygen atoms in total. The number of amides is 1. The predicted molar refractivity (Wildman–Crippen MR) is 118 cm³/mol. The van der Waals surface area contributed by atoms with Gasteiger partial charge in [-0.15, -0.1) is 0 Å². The molecule has 2 unspecified atom stereocenters. The molecular weight excluding hydrogens is 405 g/mol. The Morgan fingerprint density at radius 3 is 2.43 bits per heavy atom. The lowest BCUT2D eigenvalue weighted by molar-refractivity contribution is -0.145. The predicted octanol–water partition coefficient (Wildman–Crippen LogP) is 4.68. The van der Waals surface area contributed by atoms with Crippen molar-refractivity contribution in [2.75, 3.05) is 33.0 Å². The fourth-order valence-electron chi connectivity index (χ4n) is 3.11. The molecule has 0 aliphatic rings. The van der Waals surface area contributed by atoms with Gasteiger partial charge < -0.3 is 19.3 Å². The molecule has 0 heterocycles. The van der Waals surface area contributed by atoms with Crippen LogP contribution in [-0.4, -0.2) is 54.9 Å². The van der Waals surface area contributed by atoms with Crippen molar-refractivity contribution < 1.29 is 28.5 Å². The highest BCUT2D eigenvalue weighted by Crippen LogP contribution is 2.43. The average molecular weight is 442 g/mol. The number of nitrogens with zero attached hydrogens (tertiary/aromatic N) is 1. The molecule has 0 aliphatic heterocycles. The van der Waals surface area contributed by atoms with E-state index in [1.165, 1.54) is 19.1 Å². The topological polar surface area (TPSA) is 93.1 Å². The molecule has 0 spiro atoms. The van der Waals surface area contributed by atoms with E-state index in [4.69, 9.17) is 9.47 Å². The maximum atomic E-state index is 12.7. The van der Waals surface area contributed by atoms with Gasteiger partial charge in [-0.25, -0.2) is 4.79 Å². The van der Waals surface area contributed by atoms with Gasteiger partial charge in [-0.3, -0.25) is 9.36 Å². The Morgan fingerprint density at radius 2 is 1.80 bits per heavy atom. The molecule has 170 valence electrons. The van der Waals surface area contributed by atoms with E-state index in [0.29, 0.717) is 6.42 Å². The molecule has 0 radical (unpaired) electrons. The van der Waals surface area contributed by atoms with Crippen LogP contribution >= 0.6 is 7.37 Å². The Balaban J connectivity index is 2.46. The minimum atomic E-state index is -3.60. The van der Waals surface area contributed by atoms with Crippen molar-refractivity contribution in [3.8, 4) is 0 Å². The van der Waals surface area contributed by atoms with Gasteiger partial charge >= 0.3 is 12.1 Å². The van der Waals surface area contributed by atoms with E-state index in [-0.39, 0.29) is 25.5 Å². The smallest absolute Gasteiger partial charge is 0.409 e. The third kappa shape index (κ3) is 10.8. The number of methoxy groups -OCH3 is 1. The summed E-state index contributed by atoms with van der Waals surface area (Å²) in [7, 11) is -0.774. The van der Waals surface area contributed by atoms with Crippen molar-refractivity contribution in [3.63, 3.8) is 0 Å². The lowest BCUT2D eigenvalue weighted by atomic mass is 10.0. The summed E-state index contributed by atoms with van der Waals surface area (Å²) in [6, 6.07) is 9.30. The highest BCUT2D eigenvalue weighted by molar-refractivity contribution is 7.58. The second-order valence-corrected chi connectivity index (χ2v) is 10.1. The maximum absolute atomic E-state index is 12.7. The number of benzene rings is 1. The standard InChI is InChI=1S/C22H36NO6P/c1-4-5-6-7-11-14-20(21(24)28-3)18-30(26,27)16-15-23(2)22(25)29-17-19-12-9-8-10-13-19/h8-10,12-13,20H,4-7,11,14-18H2,1-3H3,(H,26,27). The summed E-state index contributed by atoms with van der Waals surface area (Å²) in [5.41, 5.74) is 0.868. The first kappa shape index (κ1) is 26.2. The highest BCUT2D eigenvalue weighted by Gasteiger charge is 2.30. The summed E-state index contributed by atoms with van der Waals surface area (Å²) in [6.07, 6.45) is 4.96. The molecule has 30 heavy (non-hydrogen) atoms. The second kappa shape index (κ2) is 14.2. The Bertz CT molecular complexity index is 681. The molecule has 1 rings (SSSR count). The molecule has 1 aromatic carbocycles. The molecule has 1 amide bonds. The van der Waals surface area contributed by atoms with E-state index < -0.39 is 25.3 Å². The highest BCUT2D eigenvalue weighted by atomic mass is 31.2. The molecule has 2 atom stereocenters. The van der Waals surface area contributed by atoms with E-state index in [2.05, 4.69) is 6.92 Å². The van der Waals surface area contributed by atoms with Crippen LogP contribution < -0.4 is 0 Å². The monoisotopic (exact) mass is 441 g/mol. The zero-order chi connectivity index (χ0) is 22.4. The van der Waals surface area contributed by atoms with Crippen LogP contribution in [0, 0.1) is 5.92 Å². The van der Waals surface area contributed by atoms with Gasteiger partial charge in [0.25, 0.3) is 0 Å². The Labute approximate surface area is 180 Å². The molecule has 1 N–H and O–H groups in total. The zero-order valence-electron chi connectivity index (χ0n) is 18.4. The summed E-state index contributed by atoms with van der Waals surface area (Å²) >= 11 is 0. The lowest BCUT2D eigenvalue weighted by Crippen LogP contribution is -2.31. The summed E-state index contributed by atoms with van der Waals surface area (Å²) in [6.45, 7) is 2.35. The van der Waals surface area contributed by atoms with Crippen LogP contribution in [0.2, 0.25) is 0 Å². The molecular formula is C22H36NO6P. The van der Waals surface area contributed by atoms with Gasteiger partial charge in [0, 0.05) is 25.9 Å². The van der Waals surface area contributed by atoms with Crippen molar-refractivity contribution in [1.29, 1.82) is 0 Å². The first-order chi connectivity index (χ1) is 14.3. The van der Waals surface area contributed by atoms with Crippen molar-refractivity contribution in [2.45, 2.75) is 52.1 Å². The van der Waals surface area contributed by atoms with Crippen LogP contribution in [0.25, 0.3) is 0 Å². The fraction of sp³-hybridized carbons (Fsp3) is 0.636. The van der Waals surface area contributed by atoms with Gasteiger partial charge in [-0.1, -0.05) is 69.4 Å². The minimum absolute atomic E-state index is 0.0752. The largest absolute Gasteiger partial charge is 0.469 e. The first-order valence-electron chi connectivity index (χ1n) is 10.6. The number of rotatable bonds is 14. The van der Waals surface area contributed by atoms with E-state index in [1.807, 2.05) is 30.3 Å². The normalized spacial score (nSPS) is 13.9. The van der Waals surface area contributed by atoms with Gasteiger partial charge in [-0.2, -0.15) is 0 Å². The van der Waals surface area contributed by atoms with E-state index in [0.717, 1.165) is 37.7 Å². The van der Waals surface area contributed by atoms with Crippen molar-refractivity contribution >= 4 is 19.4 Å². The number of ether oxygens (including phenoxy) is 2. The molecule has 0 fully saturated rings. The zero-order valence-corrected chi connectivity index (χ0v) is 19.3. The fourth-order valence-corrected chi connectivity index (χ4v) is 4.92. The quantitative estimate of drug-likeness (QED) is 0.256.